The average molecular weight is 420 g/mol. The Kier molecular flexibility index (Phi) is 5.40. The lowest BCUT2D eigenvalue weighted by atomic mass is 9.90. The van der Waals surface area contributed by atoms with Crippen molar-refractivity contribution in [2.45, 2.75) is 23.2 Å². The quantitative estimate of drug-likeness (QED) is 0.684. The van der Waals surface area contributed by atoms with Crippen molar-refractivity contribution in [3.8, 4) is 5.75 Å². The molecule has 2 aromatic carbocycles. The Balaban J connectivity index is 1.86. The highest BCUT2D eigenvalue weighted by Crippen LogP contribution is 2.32. The van der Waals surface area contributed by atoms with E-state index >= 15 is 0 Å². The smallest absolute Gasteiger partial charge is 0.406 e. The summed E-state index contributed by atoms with van der Waals surface area (Å²) in [6, 6.07) is 11.5. The van der Waals surface area contributed by atoms with Gasteiger partial charge in [0.1, 0.15) is 15.7 Å². The molecule has 1 fully saturated rings. The molecular weight excluding hydrogens is 403 g/mol. The first kappa shape index (κ1) is 19.9. The Bertz CT molecular complexity index is 895. The number of alkyl halides is 3. The highest BCUT2D eigenvalue weighted by molar-refractivity contribution is 7.90. The molecule has 5 nitrogen and oxygen atoms in total. The second-order valence-corrected chi connectivity index (χ2v) is 8.42. The molecule has 10 heteroatoms. The van der Waals surface area contributed by atoms with Crippen molar-refractivity contribution < 1.29 is 22.1 Å². The van der Waals surface area contributed by atoms with E-state index in [2.05, 4.69) is 14.8 Å². The van der Waals surface area contributed by atoms with Gasteiger partial charge in [0.2, 0.25) is 0 Å². The standard InChI is InChI=1S/C17H17ClF3N3O2S/c18-13-3-1-12(2-4-13)16(9-10-23-11-16)24-27(22,25)15-7-5-14(6-8-15)26-17(19,20)21/h1-8,23H,9-11H2,(H2,22,24,25)/t16-,27?/m1/s1. The first-order valence-corrected chi connectivity index (χ1v) is 9.94. The third kappa shape index (κ3) is 4.73. The third-order valence-corrected chi connectivity index (χ3v) is 6.15. The molecule has 1 unspecified atom stereocenters. The van der Waals surface area contributed by atoms with Crippen molar-refractivity contribution in [1.29, 1.82) is 4.78 Å². The summed E-state index contributed by atoms with van der Waals surface area (Å²) in [4.78, 5) is 0.0669. The summed E-state index contributed by atoms with van der Waals surface area (Å²) in [6.07, 6.45) is -4.21. The fourth-order valence-corrected chi connectivity index (χ4v) is 4.63. The number of hydrogen-bond donors (Lipinski definition) is 3. The number of rotatable bonds is 5. The van der Waals surface area contributed by atoms with Gasteiger partial charge in [0.25, 0.3) is 0 Å². The van der Waals surface area contributed by atoms with E-state index in [0.717, 1.165) is 17.7 Å². The fourth-order valence-electron chi connectivity index (χ4n) is 3.02. The molecule has 0 spiro atoms. The van der Waals surface area contributed by atoms with Crippen LogP contribution in [0.3, 0.4) is 0 Å². The average Bonchev–Trinajstić information content (AvgIpc) is 3.03. The molecule has 1 saturated heterocycles. The molecule has 1 heterocycles. The zero-order valence-electron chi connectivity index (χ0n) is 14.0. The SMILES string of the molecule is N=S(=O)(N[C@]1(c2ccc(Cl)cc2)CCNC1)c1ccc(OC(F)(F)F)cc1. The van der Waals surface area contributed by atoms with Gasteiger partial charge < -0.3 is 10.1 Å². The normalized spacial score (nSPS) is 22.4. The molecule has 0 amide bonds. The largest absolute Gasteiger partial charge is 0.573 e. The van der Waals surface area contributed by atoms with Crippen molar-refractivity contribution >= 4 is 21.5 Å². The van der Waals surface area contributed by atoms with Crippen molar-refractivity contribution in [3.05, 3.63) is 59.1 Å². The molecule has 0 bridgehead atoms. The molecule has 3 rings (SSSR count). The van der Waals surface area contributed by atoms with Crippen LogP contribution in [0.15, 0.2) is 53.4 Å². The Labute approximate surface area is 160 Å². The molecule has 0 aromatic heterocycles. The molecule has 0 aliphatic carbocycles. The van der Waals surface area contributed by atoms with Crippen LogP contribution in [0, 0.1) is 4.78 Å². The van der Waals surface area contributed by atoms with Gasteiger partial charge in [0.05, 0.1) is 10.4 Å². The summed E-state index contributed by atoms with van der Waals surface area (Å²) in [7, 11) is -3.48. The number of nitrogens with one attached hydrogen (secondary N) is 3. The van der Waals surface area contributed by atoms with E-state index < -0.39 is 27.6 Å². The summed E-state index contributed by atoms with van der Waals surface area (Å²) in [5, 5.41) is 3.75. The predicted octanol–water partition coefficient (Wildman–Crippen LogP) is 4.04. The summed E-state index contributed by atoms with van der Waals surface area (Å²) in [5.41, 5.74) is 0.0822. The van der Waals surface area contributed by atoms with E-state index in [1.165, 1.54) is 12.1 Å². The van der Waals surface area contributed by atoms with Crippen LogP contribution in [0.1, 0.15) is 12.0 Å². The van der Waals surface area contributed by atoms with Crippen LogP contribution in [0.5, 0.6) is 5.75 Å². The summed E-state index contributed by atoms with van der Waals surface area (Å²) in [5.74, 6) is -0.434. The number of hydrogen-bond acceptors (Lipinski definition) is 4. The Hall–Kier alpha value is -1.81. The minimum absolute atomic E-state index is 0.0669. The summed E-state index contributed by atoms with van der Waals surface area (Å²) in [6.45, 7) is 1.13. The van der Waals surface area contributed by atoms with Crippen LogP contribution in [-0.2, 0) is 15.5 Å². The number of halogens is 4. The van der Waals surface area contributed by atoms with Gasteiger partial charge >= 0.3 is 6.36 Å². The summed E-state index contributed by atoms with van der Waals surface area (Å²) >= 11 is 5.93. The topological polar surface area (TPSA) is 74.2 Å². The molecule has 3 N–H and O–H groups in total. The highest BCUT2D eigenvalue weighted by Gasteiger charge is 2.38. The Morgan fingerprint density at radius 3 is 2.30 bits per heavy atom. The van der Waals surface area contributed by atoms with E-state index in [1.807, 2.05) is 0 Å². The molecule has 2 atom stereocenters. The minimum atomic E-state index is -4.81. The van der Waals surface area contributed by atoms with Gasteiger partial charge in [-0.3, -0.25) is 0 Å². The van der Waals surface area contributed by atoms with Crippen molar-refractivity contribution in [2.75, 3.05) is 13.1 Å². The van der Waals surface area contributed by atoms with Crippen molar-refractivity contribution in [1.82, 2.24) is 10.0 Å². The van der Waals surface area contributed by atoms with Crippen molar-refractivity contribution in [2.24, 2.45) is 0 Å². The van der Waals surface area contributed by atoms with Crippen LogP contribution >= 0.6 is 11.6 Å². The molecule has 1 aliphatic heterocycles. The van der Waals surface area contributed by atoms with Gasteiger partial charge in [-0.25, -0.2) is 13.7 Å². The van der Waals surface area contributed by atoms with Gasteiger partial charge in [0.15, 0.2) is 0 Å². The van der Waals surface area contributed by atoms with E-state index in [-0.39, 0.29) is 4.90 Å². The lowest BCUT2D eigenvalue weighted by Crippen LogP contribution is -2.46. The first-order valence-electron chi connectivity index (χ1n) is 8.00. The van der Waals surface area contributed by atoms with Gasteiger partial charge in [0, 0.05) is 11.6 Å². The number of benzene rings is 2. The zero-order chi connectivity index (χ0) is 19.7. The van der Waals surface area contributed by atoms with Gasteiger partial charge in [-0.1, -0.05) is 23.7 Å². The van der Waals surface area contributed by atoms with E-state index in [0.29, 0.717) is 24.5 Å². The highest BCUT2D eigenvalue weighted by atomic mass is 35.5. The summed E-state index contributed by atoms with van der Waals surface area (Å²) < 4.78 is 64.8. The predicted molar refractivity (Wildman–Crippen MR) is 96.0 cm³/mol. The zero-order valence-corrected chi connectivity index (χ0v) is 15.5. The van der Waals surface area contributed by atoms with Crippen LogP contribution in [-0.4, -0.2) is 23.7 Å². The maximum atomic E-state index is 13.0. The van der Waals surface area contributed by atoms with Gasteiger partial charge in [-0.2, -0.15) is 0 Å². The molecule has 0 saturated carbocycles. The van der Waals surface area contributed by atoms with Gasteiger partial charge in [-0.05, 0) is 54.9 Å². The molecular formula is C17H17ClF3N3O2S. The van der Waals surface area contributed by atoms with Crippen molar-refractivity contribution in [3.63, 3.8) is 0 Å². The maximum Gasteiger partial charge on any atom is 0.573 e. The lowest BCUT2D eigenvalue weighted by Gasteiger charge is -2.31. The monoisotopic (exact) mass is 419 g/mol. The number of ether oxygens (including phenoxy) is 1. The van der Waals surface area contributed by atoms with Crippen LogP contribution in [0.4, 0.5) is 13.2 Å². The van der Waals surface area contributed by atoms with Gasteiger partial charge in [-0.15, -0.1) is 13.2 Å². The third-order valence-electron chi connectivity index (χ3n) is 4.28. The van der Waals surface area contributed by atoms with Crippen LogP contribution < -0.4 is 14.8 Å². The van der Waals surface area contributed by atoms with E-state index in [9.17, 15) is 17.4 Å². The second kappa shape index (κ2) is 7.31. The molecule has 0 radical (unpaired) electrons. The fraction of sp³-hybridized carbons (Fsp3) is 0.294. The molecule has 27 heavy (non-hydrogen) atoms. The molecule has 146 valence electrons. The first-order chi connectivity index (χ1) is 12.6. The minimum Gasteiger partial charge on any atom is -0.406 e. The molecule has 1 aliphatic rings. The lowest BCUT2D eigenvalue weighted by molar-refractivity contribution is -0.274. The van der Waals surface area contributed by atoms with Crippen LogP contribution in [0.2, 0.25) is 5.02 Å². The Morgan fingerprint density at radius 2 is 1.78 bits per heavy atom. The van der Waals surface area contributed by atoms with Crippen LogP contribution in [0.25, 0.3) is 0 Å². The second-order valence-electron chi connectivity index (χ2n) is 6.19. The van der Waals surface area contributed by atoms with E-state index in [4.69, 9.17) is 16.4 Å². The Morgan fingerprint density at radius 1 is 1.15 bits per heavy atom. The van der Waals surface area contributed by atoms with E-state index in [1.54, 1.807) is 24.3 Å². The molecule has 2 aromatic rings. The maximum absolute atomic E-state index is 13.0.